The molecule has 2 aliphatic rings. The van der Waals surface area contributed by atoms with E-state index in [9.17, 15) is 18.0 Å². The molecule has 142 valence electrons. The van der Waals surface area contributed by atoms with E-state index < -0.39 is 11.7 Å². The minimum Gasteiger partial charge on any atom is -0.321 e. The number of nitrogens with one attached hydrogen (secondary N) is 1. The number of urea groups is 1. The minimum absolute atomic E-state index is 0.275. The summed E-state index contributed by atoms with van der Waals surface area (Å²) in [6.45, 7) is 3.15. The number of likely N-dealkylation sites (tertiary alicyclic amines) is 1. The molecule has 7 heteroatoms. The van der Waals surface area contributed by atoms with Crippen LogP contribution in [0.1, 0.15) is 16.7 Å². The molecule has 2 aliphatic heterocycles. The third-order valence-corrected chi connectivity index (χ3v) is 5.29. The number of anilines is 1. The lowest BCUT2D eigenvalue weighted by Crippen LogP contribution is -2.62. The zero-order chi connectivity index (χ0) is 19.0. The minimum atomic E-state index is -4.37. The fourth-order valence-electron chi connectivity index (χ4n) is 3.63. The number of halogens is 3. The van der Waals surface area contributed by atoms with Crippen molar-refractivity contribution in [3.8, 4) is 0 Å². The molecule has 0 saturated carbocycles. The van der Waals surface area contributed by atoms with Crippen LogP contribution in [0.25, 0.3) is 0 Å². The van der Waals surface area contributed by atoms with Gasteiger partial charge < -0.3 is 10.2 Å². The number of carbonyl (C=O) groups is 1. The number of benzene rings is 2. The molecule has 2 aromatic rings. The molecular formula is C20H20F3N3O. The van der Waals surface area contributed by atoms with Crippen molar-refractivity contribution in [1.29, 1.82) is 0 Å². The van der Waals surface area contributed by atoms with Crippen molar-refractivity contribution in [3.63, 3.8) is 0 Å². The van der Waals surface area contributed by atoms with E-state index in [1.165, 1.54) is 23.3 Å². The maximum Gasteiger partial charge on any atom is 0.416 e. The second kappa shape index (κ2) is 6.88. The van der Waals surface area contributed by atoms with E-state index in [2.05, 4.69) is 28.4 Å². The molecule has 0 aromatic heterocycles. The first kappa shape index (κ1) is 17.9. The molecule has 2 heterocycles. The molecular weight excluding hydrogens is 355 g/mol. The molecule has 2 amide bonds. The average Bonchev–Trinajstić information content (AvgIpc) is 2.60. The summed E-state index contributed by atoms with van der Waals surface area (Å²) in [5, 5.41) is 2.66. The molecule has 1 saturated heterocycles. The molecule has 0 spiro atoms. The number of hydrogen-bond acceptors (Lipinski definition) is 2. The van der Waals surface area contributed by atoms with Gasteiger partial charge in [-0.3, -0.25) is 4.90 Å². The summed E-state index contributed by atoms with van der Waals surface area (Å²) in [6, 6.07) is 13.0. The summed E-state index contributed by atoms with van der Waals surface area (Å²) >= 11 is 0. The molecule has 4 rings (SSSR count). The zero-order valence-corrected chi connectivity index (χ0v) is 14.7. The van der Waals surface area contributed by atoms with Gasteiger partial charge in [0.15, 0.2) is 0 Å². The van der Waals surface area contributed by atoms with Crippen molar-refractivity contribution in [2.45, 2.75) is 25.2 Å². The van der Waals surface area contributed by atoms with Gasteiger partial charge in [0.05, 0.1) is 5.56 Å². The number of amides is 2. The van der Waals surface area contributed by atoms with Gasteiger partial charge in [-0.2, -0.15) is 13.2 Å². The van der Waals surface area contributed by atoms with Crippen LogP contribution in [0.2, 0.25) is 0 Å². The van der Waals surface area contributed by atoms with E-state index in [4.69, 9.17) is 0 Å². The van der Waals surface area contributed by atoms with Gasteiger partial charge in [0.2, 0.25) is 0 Å². The maximum absolute atomic E-state index is 12.6. The highest BCUT2D eigenvalue weighted by molar-refractivity contribution is 5.90. The van der Waals surface area contributed by atoms with Gasteiger partial charge >= 0.3 is 12.2 Å². The number of nitrogens with zero attached hydrogens (tertiary/aromatic N) is 2. The van der Waals surface area contributed by atoms with Crippen LogP contribution in [0.3, 0.4) is 0 Å². The molecule has 2 aromatic carbocycles. The lowest BCUT2D eigenvalue weighted by Gasteiger charge is -2.46. The molecule has 1 N–H and O–H groups in total. The maximum atomic E-state index is 12.6. The van der Waals surface area contributed by atoms with E-state index >= 15 is 0 Å². The fourth-order valence-corrected chi connectivity index (χ4v) is 3.63. The summed E-state index contributed by atoms with van der Waals surface area (Å²) in [7, 11) is 0. The van der Waals surface area contributed by atoms with Crippen LogP contribution in [0.5, 0.6) is 0 Å². The van der Waals surface area contributed by atoms with Crippen LogP contribution in [0.15, 0.2) is 48.5 Å². The van der Waals surface area contributed by atoms with Gasteiger partial charge in [-0.25, -0.2) is 4.79 Å². The van der Waals surface area contributed by atoms with Gasteiger partial charge in [-0.05, 0) is 41.8 Å². The fraction of sp³-hybridized carbons (Fsp3) is 0.350. The highest BCUT2D eigenvalue weighted by Crippen LogP contribution is 2.30. The summed E-state index contributed by atoms with van der Waals surface area (Å²) < 4.78 is 37.8. The number of fused-ring (bicyclic) bond motifs is 1. The summed E-state index contributed by atoms with van der Waals surface area (Å²) in [4.78, 5) is 16.4. The van der Waals surface area contributed by atoms with Crippen LogP contribution in [-0.2, 0) is 19.1 Å². The predicted octanol–water partition coefficient (Wildman–Crippen LogP) is 3.98. The third-order valence-electron chi connectivity index (χ3n) is 5.29. The molecule has 0 atom stereocenters. The normalized spacial score (nSPS) is 18.0. The quantitative estimate of drug-likeness (QED) is 0.862. The number of carbonyl (C=O) groups excluding carboxylic acids is 1. The number of rotatable bonds is 2. The second-order valence-electron chi connectivity index (χ2n) is 7.05. The Kier molecular flexibility index (Phi) is 4.55. The summed E-state index contributed by atoms with van der Waals surface area (Å²) in [6.07, 6.45) is -3.36. The van der Waals surface area contributed by atoms with Gasteiger partial charge in [-0.15, -0.1) is 0 Å². The highest BCUT2D eigenvalue weighted by Gasteiger charge is 2.36. The Morgan fingerprint density at radius 3 is 2.33 bits per heavy atom. The SMILES string of the molecule is O=C(Nc1ccc(C(F)(F)F)cc1)N1CC(N2CCc3ccccc3C2)C1. The monoisotopic (exact) mass is 375 g/mol. The first-order chi connectivity index (χ1) is 12.9. The molecule has 0 radical (unpaired) electrons. The second-order valence-corrected chi connectivity index (χ2v) is 7.05. The van der Waals surface area contributed by atoms with Crippen molar-refractivity contribution >= 4 is 11.7 Å². The lowest BCUT2D eigenvalue weighted by molar-refractivity contribution is -0.137. The summed E-state index contributed by atoms with van der Waals surface area (Å²) in [5.74, 6) is 0. The number of alkyl halides is 3. The standard InChI is InChI=1S/C20H20F3N3O/c21-20(22,23)16-5-7-17(8-6-16)24-19(27)26-12-18(13-26)25-10-9-14-3-1-2-4-15(14)11-25/h1-8,18H,9-13H2,(H,24,27). The molecule has 1 fully saturated rings. The molecule has 0 unspecified atom stereocenters. The Balaban J connectivity index is 1.29. The van der Waals surface area contributed by atoms with Crippen molar-refractivity contribution in [1.82, 2.24) is 9.80 Å². The Labute approximate surface area is 155 Å². The van der Waals surface area contributed by atoms with Crippen LogP contribution < -0.4 is 5.32 Å². The largest absolute Gasteiger partial charge is 0.416 e. The molecule has 27 heavy (non-hydrogen) atoms. The summed E-state index contributed by atoms with van der Waals surface area (Å²) in [5.41, 5.74) is 2.37. The van der Waals surface area contributed by atoms with E-state index in [0.29, 0.717) is 24.8 Å². The van der Waals surface area contributed by atoms with Crippen molar-refractivity contribution in [2.75, 3.05) is 25.0 Å². The smallest absolute Gasteiger partial charge is 0.321 e. The van der Waals surface area contributed by atoms with Crippen molar-refractivity contribution < 1.29 is 18.0 Å². The van der Waals surface area contributed by atoms with Crippen LogP contribution in [0.4, 0.5) is 23.7 Å². The molecule has 4 nitrogen and oxygen atoms in total. The zero-order valence-electron chi connectivity index (χ0n) is 14.7. The Hall–Kier alpha value is -2.54. The van der Waals surface area contributed by atoms with Gasteiger partial charge in [0.25, 0.3) is 0 Å². The number of hydrogen-bond donors (Lipinski definition) is 1. The average molecular weight is 375 g/mol. The van der Waals surface area contributed by atoms with Crippen molar-refractivity contribution in [2.24, 2.45) is 0 Å². The Bertz CT molecular complexity index is 829. The van der Waals surface area contributed by atoms with Crippen LogP contribution in [-0.4, -0.2) is 41.5 Å². The Morgan fingerprint density at radius 2 is 1.67 bits per heavy atom. The lowest BCUT2D eigenvalue weighted by atomic mass is 9.97. The predicted molar refractivity (Wildman–Crippen MR) is 96.4 cm³/mol. The Morgan fingerprint density at radius 1 is 1.00 bits per heavy atom. The van der Waals surface area contributed by atoms with Crippen LogP contribution in [0, 0.1) is 0 Å². The third kappa shape index (κ3) is 3.78. The molecule has 0 aliphatic carbocycles. The van der Waals surface area contributed by atoms with E-state index in [1.807, 2.05) is 6.07 Å². The van der Waals surface area contributed by atoms with E-state index in [1.54, 1.807) is 4.90 Å². The van der Waals surface area contributed by atoms with E-state index in [-0.39, 0.29) is 6.03 Å². The van der Waals surface area contributed by atoms with Crippen LogP contribution >= 0.6 is 0 Å². The van der Waals surface area contributed by atoms with Crippen molar-refractivity contribution in [3.05, 3.63) is 65.2 Å². The highest BCUT2D eigenvalue weighted by atomic mass is 19.4. The first-order valence-corrected chi connectivity index (χ1v) is 8.94. The topological polar surface area (TPSA) is 35.6 Å². The molecule has 0 bridgehead atoms. The van der Waals surface area contributed by atoms with E-state index in [0.717, 1.165) is 31.6 Å². The van der Waals surface area contributed by atoms with Gasteiger partial charge in [0.1, 0.15) is 0 Å². The van der Waals surface area contributed by atoms with Gasteiger partial charge in [0, 0.05) is 37.9 Å². The van der Waals surface area contributed by atoms with Gasteiger partial charge in [-0.1, -0.05) is 24.3 Å². The first-order valence-electron chi connectivity index (χ1n) is 8.94.